The zero-order valence-corrected chi connectivity index (χ0v) is 12.7. The monoisotopic (exact) mass is 281 g/mol. The number of hydrogen-bond donors (Lipinski definition) is 2. The lowest BCUT2D eigenvalue weighted by atomic mass is 9.88. The Morgan fingerprint density at radius 2 is 1.95 bits per heavy atom. The number of nitrogens with zero attached hydrogens (tertiary/aromatic N) is 1. The third kappa shape index (κ3) is 3.72. The largest absolute Gasteiger partial charge is 0.344 e. The van der Waals surface area contributed by atoms with E-state index in [1.165, 1.54) is 6.42 Å². The highest BCUT2D eigenvalue weighted by Crippen LogP contribution is 2.23. The summed E-state index contributed by atoms with van der Waals surface area (Å²) in [5, 5.41) is 6.19. The third-order valence-electron chi connectivity index (χ3n) is 4.49. The third-order valence-corrected chi connectivity index (χ3v) is 4.49. The molecule has 1 aliphatic carbocycles. The fourth-order valence-electron chi connectivity index (χ4n) is 3.17. The minimum Gasteiger partial charge on any atom is -0.344 e. The Hall–Kier alpha value is -1.10. The normalized spacial score (nSPS) is 26.1. The predicted octanol–water partition coefficient (Wildman–Crippen LogP) is 0.892. The van der Waals surface area contributed by atoms with Gasteiger partial charge in [-0.05, 0) is 26.7 Å². The van der Waals surface area contributed by atoms with Crippen LogP contribution in [0.5, 0.6) is 0 Å². The molecule has 5 heteroatoms. The number of carbonyl (C=O) groups excluding carboxylic acids is 2. The summed E-state index contributed by atoms with van der Waals surface area (Å²) >= 11 is 0. The van der Waals surface area contributed by atoms with Crippen LogP contribution in [-0.4, -0.2) is 48.4 Å². The van der Waals surface area contributed by atoms with Gasteiger partial charge in [-0.3, -0.25) is 9.59 Å². The van der Waals surface area contributed by atoms with Crippen molar-refractivity contribution in [2.45, 2.75) is 58.0 Å². The Kier molecular flexibility index (Phi) is 5.40. The summed E-state index contributed by atoms with van der Waals surface area (Å²) in [4.78, 5) is 26.5. The van der Waals surface area contributed by atoms with E-state index < -0.39 is 6.04 Å². The summed E-state index contributed by atoms with van der Waals surface area (Å²) in [5.74, 6) is 0.218. The summed E-state index contributed by atoms with van der Waals surface area (Å²) in [6, 6.07) is -0.213. The van der Waals surface area contributed by atoms with Crippen LogP contribution in [0.2, 0.25) is 0 Å². The quantitative estimate of drug-likeness (QED) is 0.808. The number of hydrogen-bond acceptors (Lipinski definition) is 3. The van der Waals surface area contributed by atoms with Gasteiger partial charge in [0.2, 0.25) is 11.8 Å². The summed E-state index contributed by atoms with van der Waals surface area (Å²) in [6.07, 6.45) is 5.44. The van der Waals surface area contributed by atoms with Gasteiger partial charge in [-0.25, -0.2) is 0 Å². The standard InChI is InChI=1S/C15H27N3O2/c1-11-10-16-8-9-18(11)15(20)12(2)17-14(19)13-6-4-3-5-7-13/h11-13,16H,3-10H2,1-2H3,(H,17,19)/t11-,12+/m1/s1. The van der Waals surface area contributed by atoms with Gasteiger partial charge >= 0.3 is 0 Å². The minimum absolute atomic E-state index is 0.0446. The molecule has 114 valence electrons. The van der Waals surface area contributed by atoms with E-state index in [0.29, 0.717) is 0 Å². The molecule has 0 aromatic heterocycles. The second-order valence-corrected chi connectivity index (χ2v) is 6.15. The van der Waals surface area contributed by atoms with Crippen LogP contribution in [0.3, 0.4) is 0 Å². The van der Waals surface area contributed by atoms with E-state index in [1.807, 2.05) is 11.8 Å². The molecule has 1 heterocycles. The van der Waals surface area contributed by atoms with Gasteiger partial charge in [0.1, 0.15) is 6.04 Å². The van der Waals surface area contributed by atoms with Crippen LogP contribution >= 0.6 is 0 Å². The average Bonchev–Trinajstić information content (AvgIpc) is 2.48. The van der Waals surface area contributed by atoms with Gasteiger partial charge in [-0.1, -0.05) is 19.3 Å². The van der Waals surface area contributed by atoms with Gasteiger partial charge in [-0.2, -0.15) is 0 Å². The summed E-state index contributed by atoms with van der Waals surface area (Å²) in [6.45, 7) is 6.23. The highest BCUT2D eigenvalue weighted by Gasteiger charge is 2.29. The molecule has 2 aliphatic rings. The molecule has 2 atom stereocenters. The number of nitrogens with one attached hydrogen (secondary N) is 2. The van der Waals surface area contributed by atoms with E-state index in [2.05, 4.69) is 10.6 Å². The molecule has 2 fully saturated rings. The fourth-order valence-corrected chi connectivity index (χ4v) is 3.17. The van der Waals surface area contributed by atoms with Crippen LogP contribution in [0.1, 0.15) is 46.0 Å². The molecule has 20 heavy (non-hydrogen) atoms. The van der Waals surface area contributed by atoms with Crippen molar-refractivity contribution < 1.29 is 9.59 Å². The molecular weight excluding hydrogens is 254 g/mol. The number of carbonyl (C=O) groups is 2. The number of amides is 2. The van der Waals surface area contributed by atoms with E-state index in [4.69, 9.17) is 0 Å². The van der Waals surface area contributed by atoms with Gasteiger partial charge in [0, 0.05) is 31.6 Å². The van der Waals surface area contributed by atoms with Crippen molar-refractivity contribution in [2.75, 3.05) is 19.6 Å². The molecule has 1 saturated heterocycles. The van der Waals surface area contributed by atoms with Crippen LogP contribution in [0, 0.1) is 5.92 Å². The van der Waals surface area contributed by atoms with Crippen LogP contribution < -0.4 is 10.6 Å². The van der Waals surface area contributed by atoms with Gasteiger partial charge in [0.25, 0.3) is 0 Å². The van der Waals surface area contributed by atoms with Crippen LogP contribution in [0.4, 0.5) is 0 Å². The van der Waals surface area contributed by atoms with Crippen LogP contribution in [0.25, 0.3) is 0 Å². The van der Waals surface area contributed by atoms with Gasteiger partial charge < -0.3 is 15.5 Å². The molecule has 0 unspecified atom stereocenters. The maximum Gasteiger partial charge on any atom is 0.245 e. The van der Waals surface area contributed by atoms with E-state index in [1.54, 1.807) is 6.92 Å². The maximum atomic E-state index is 12.4. The van der Waals surface area contributed by atoms with Crippen molar-refractivity contribution in [3.8, 4) is 0 Å². The van der Waals surface area contributed by atoms with Crippen molar-refractivity contribution in [3.63, 3.8) is 0 Å². The molecule has 0 bridgehead atoms. The topological polar surface area (TPSA) is 61.4 Å². The van der Waals surface area contributed by atoms with Gasteiger partial charge in [0.15, 0.2) is 0 Å². The number of piperazine rings is 1. The first-order chi connectivity index (χ1) is 9.59. The Morgan fingerprint density at radius 3 is 2.60 bits per heavy atom. The second-order valence-electron chi connectivity index (χ2n) is 6.15. The molecule has 2 N–H and O–H groups in total. The first-order valence-electron chi connectivity index (χ1n) is 7.91. The Bertz CT molecular complexity index is 353. The predicted molar refractivity (Wildman–Crippen MR) is 78.2 cm³/mol. The van der Waals surface area contributed by atoms with Crippen molar-refractivity contribution in [3.05, 3.63) is 0 Å². The molecular formula is C15H27N3O2. The maximum absolute atomic E-state index is 12.4. The van der Waals surface area contributed by atoms with Gasteiger partial charge in [0.05, 0.1) is 0 Å². The van der Waals surface area contributed by atoms with Crippen LogP contribution in [0.15, 0.2) is 0 Å². The van der Waals surface area contributed by atoms with Crippen molar-refractivity contribution in [2.24, 2.45) is 5.92 Å². The molecule has 0 radical (unpaired) electrons. The molecule has 2 rings (SSSR count). The molecule has 1 aliphatic heterocycles. The molecule has 0 aromatic rings. The highest BCUT2D eigenvalue weighted by molar-refractivity contribution is 5.88. The first kappa shape index (κ1) is 15.3. The van der Waals surface area contributed by atoms with Crippen LogP contribution in [-0.2, 0) is 9.59 Å². The van der Waals surface area contributed by atoms with Gasteiger partial charge in [-0.15, -0.1) is 0 Å². The molecule has 0 aromatic carbocycles. The van der Waals surface area contributed by atoms with Crippen molar-refractivity contribution in [1.82, 2.24) is 15.5 Å². The molecule has 1 saturated carbocycles. The zero-order chi connectivity index (χ0) is 14.5. The average molecular weight is 281 g/mol. The molecule has 5 nitrogen and oxygen atoms in total. The van der Waals surface area contributed by atoms with E-state index in [-0.39, 0.29) is 23.8 Å². The summed E-state index contributed by atoms with van der Waals surface area (Å²) in [7, 11) is 0. The van der Waals surface area contributed by atoms with Crippen molar-refractivity contribution >= 4 is 11.8 Å². The lowest BCUT2D eigenvalue weighted by Crippen LogP contribution is -2.57. The zero-order valence-electron chi connectivity index (χ0n) is 12.7. The fraction of sp³-hybridized carbons (Fsp3) is 0.867. The Labute approximate surface area is 121 Å². The second kappa shape index (κ2) is 7.07. The van der Waals surface area contributed by atoms with E-state index in [9.17, 15) is 9.59 Å². The Balaban J connectivity index is 1.85. The highest BCUT2D eigenvalue weighted by atomic mass is 16.2. The van der Waals surface area contributed by atoms with E-state index >= 15 is 0 Å². The summed E-state index contributed by atoms with van der Waals surface area (Å²) in [5.41, 5.74) is 0. The summed E-state index contributed by atoms with van der Waals surface area (Å²) < 4.78 is 0. The minimum atomic E-state index is -0.412. The van der Waals surface area contributed by atoms with Crippen molar-refractivity contribution in [1.29, 1.82) is 0 Å². The van der Waals surface area contributed by atoms with E-state index in [0.717, 1.165) is 45.3 Å². The lowest BCUT2D eigenvalue weighted by Gasteiger charge is -2.36. The lowest BCUT2D eigenvalue weighted by molar-refractivity contribution is -0.139. The Morgan fingerprint density at radius 1 is 1.25 bits per heavy atom. The first-order valence-corrected chi connectivity index (χ1v) is 7.91. The molecule has 2 amide bonds. The smallest absolute Gasteiger partial charge is 0.245 e. The number of rotatable bonds is 3. The molecule has 0 spiro atoms. The SMILES string of the molecule is C[C@H](NC(=O)C1CCCCC1)C(=O)N1CCNC[C@H]1C.